The summed E-state index contributed by atoms with van der Waals surface area (Å²) in [5.74, 6) is 1.22. The topological polar surface area (TPSA) is 35.6 Å². The maximum atomic E-state index is 12.2. The van der Waals surface area contributed by atoms with Gasteiger partial charge in [0.15, 0.2) is 0 Å². The molecule has 1 spiro atoms. The van der Waals surface area contributed by atoms with Crippen LogP contribution in [0, 0.1) is 5.92 Å². The van der Waals surface area contributed by atoms with E-state index < -0.39 is 0 Å². The first-order chi connectivity index (χ1) is 8.21. The Morgan fingerprint density at radius 2 is 2.00 bits per heavy atom. The zero-order valence-electron chi connectivity index (χ0n) is 10.7. The van der Waals surface area contributed by atoms with Crippen molar-refractivity contribution in [2.45, 2.75) is 31.2 Å². The predicted molar refractivity (Wildman–Crippen MR) is 66.8 cm³/mol. The minimum Gasteiger partial charge on any atom is -0.353 e. The summed E-state index contributed by atoms with van der Waals surface area (Å²) in [4.78, 5) is 17.0. The summed E-state index contributed by atoms with van der Waals surface area (Å²) >= 11 is 0. The van der Waals surface area contributed by atoms with E-state index in [4.69, 9.17) is 0 Å². The Balaban J connectivity index is 1.62. The molecule has 2 aliphatic heterocycles. The Hall–Kier alpha value is -0.610. The van der Waals surface area contributed by atoms with Gasteiger partial charge in [-0.25, -0.2) is 0 Å². The maximum Gasteiger partial charge on any atom is 0.240 e. The van der Waals surface area contributed by atoms with Crippen LogP contribution in [0.15, 0.2) is 0 Å². The third kappa shape index (κ3) is 2.08. The minimum absolute atomic E-state index is 0.196. The van der Waals surface area contributed by atoms with E-state index in [1.54, 1.807) is 0 Å². The molecular weight excluding hydrogens is 214 g/mol. The number of hydrogen-bond acceptors (Lipinski definition) is 3. The fraction of sp³-hybridized carbons (Fsp3) is 0.923. The Morgan fingerprint density at radius 1 is 1.29 bits per heavy atom. The van der Waals surface area contributed by atoms with Gasteiger partial charge >= 0.3 is 0 Å². The van der Waals surface area contributed by atoms with E-state index in [0.29, 0.717) is 0 Å². The third-order valence-electron chi connectivity index (χ3n) is 4.78. The monoisotopic (exact) mass is 237 g/mol. The molecule has 2 heterocycles. The highest BCUT2D eigenvalue weighted by Crippen LogP contribution is 2.34. The molecule has 1 aliphatic carbocycles. The second-order valence-corrected chi connectivity index (χ2v) is 5.95. The molecule has 0 atom stereocenters. The van der Waals surface area contributed by atoms with Crippen molar-refractivity contribution >= 4 is 5.91 Å². The number of nitrogens with zero attached hydrogens (tertiary/aromatic N) is 2. The van der Waals surface area contributed by atoms with Crippen LogP contribution in [0.5, 0.6) is 0 Å². The van der Waals surface area contributed by atoms with Crippen molar-refractivity contribution in [1.29, 1.82) is 0 Å². The van der Waals surface area contributed by atoms with Crippen molar-refractivity contribution < 1.29 is 4.79 Å². The molecule has 2 saturated heterocycles. The van der Waals surface area contributed by atoms with Crippen molar-refractivity contribution in [3.63, 3.8) is 0 Å². The molecule has 0 radical (unpaired) electrons. The average molecular weight is 237 g/mol. The lowest BCUT2D eigenvalue weighted by Gasteiger charge is -2.48. The van der Waals surface area contributed by atoms with Gasteiger partial charge in [0.1, 0.15) is 5.54 Å². The number of piperidine rings is 1. The van der Waals surface area contributed by atoms with Gasteiger partial charge in [-0.3, -0.25) is 9.69 Å². The molecule has 0 aromatic carbocycles. The number of hydrogen-bond donors (Lipinski definition) is 1. The first kappa shape index (κ1) is 11.5. The Morgan fingerprint density at radius 3 is 2.59 bits per heavy atom. The molecule has 3 fully saturated rings. The highest BCUT2D eigenvalue weighted by Gasteiger charge is 2.46. The predicted octanol–water partition coefficient (Wildman–Crippen LogP) is 0.293. The smallest absolute Gasteiger partial charge is 0.240 e. The van der Waals surface area contributed by atoms with E-state index in [2.05, 4.69) is 22.2 Å². The van der Waals surface area contributed by atoms with Gasteiger partial charge in [0.2, 0.25) is 5.91 Å². The Kier molecular flexibility index (Phi) is 2.87. The second-order valence-electron chi connectivity index (χ2n) is 5.95. The van der Waals surface area contributed by atoms with Crippen molar-refractivity contribution in [3.8, 4) is 0 Å². The standard InChI is InChI=1S/C13H23N3O/c1-15-9-6-14-12(17)13(15)4-7-16(8-5-13)10-11-2-3-11/h11H,2-10H2,1H3,(H,14,17). The van der Waals surface area contributed by atoms with Crippen molar-refractivity contribution in [2.24, 2.45) is 5.92 Å². The van der Waals surface area contributed by atoms with Crippen LogP contribution >= 0.6 is 0 Å². The van der Waals surface area contributed by atoms with Crippen LogP contribution in [0.25, 0.3) is 0 Å². The molecule has 0 aromatic rings. The summed E-state index contributed by atoms with van der Waals surface area (Å²) in [5, 5.41) is 3.04. The zero-order chi connectivity index (χ0) is 11.9. The molecular formula is C13H23N3O. The lowest BCUT2D eigenvalue weighted by atomic mass is 9.83. The molecule has 0 bridgehead atoms. The lowest BCUT2D eigenvalue weighted by molar-refractivity contribution is -0.139. The molecule has 0 aromatic heterocycles. The zero-order valence-corrected chi connectivity index (χ0v) is 10.7. The van der Waals surface area contributed by atoms with Crippen LogP contribution in [0.3, 0.4) is 0 Å². The molecule has 4 nitrogen and oxygen atoms in total. The van der Waals surface area contributed by atoms with E-state index >= 15 is 0 Å². The molecule has 4 heteroatoms. The van der Waals surface area contributed by atoms with Gasteiger partial charge in [-0.05, 0) is 38.6 Å². The summed E-state index contributed by atoms with van der Waals surface area (Å²) in [6, 6.07) is 0. The summed E-state index contributed by atoms with van der Waals surface area (Å²) in [7, 11) is 2.11. The van der Waals surface area contributed by atoms with Gasteiger partial charge in [-0.15, -0.1) is 0 Å². The number of piperazine rings is 1. The summed E-state index contributed by atoms with van der Waals surface area (Å²) in [5.41, 5.74) is -0.196. The largest absolute Gasteiger partial charge is 0.353 e. The fourth-order valence-corrected chi connectivity index (χ4v) is 3.27. The van der Waals surface area contributed by atoms with E-state index in [9.17, 15) is 4.79 Å². The molecule has 1 N–H and O–H groups in total. The van der Waals surface area contributed by atoms with Gasteiger partial charge in [0.05, 0.1) is 0 Å². The van der Waals surface area contributed by atoms with Gasteiger partial charge in [-0.1, -0.05) is 0 Å². The molecule has 1 saturated carbocycles. The van der Waals surface area contributed by atoms with Crippen LogP contribution in [-0.4, -0.2) is 61.0 Å². The first-order valence-electron chi connectivity index (χ1n) is 6.93. The van der Waals surface area contributed by atoms with Gasteiger partial charge in [-0.2, -0.15) is 0 Å². The number of carbonyl (C=O) groups excluding carboxylic acids is 1. The van der Waals surface area contributed by atoms with Crippen LogP contribution in [-0.2, 0) is 4.79 Å². The highest BCUT2D eigenvalue weighted by molar-refractivity contribution is 5.87. The van der Waals surface area contributed by atoms with Gasteiger partial charge in [0, 0.05) is 32.7 Å². The minimum atomic E-state index is -0.196. The second kappa shape index (κ2) is 4.25. The number of rotatable bonds is 2. The summed E-state index contributed by atoms with van der Waals surface area (Å²) in [6.45, 7) is 5.25. The maximum absolute atomic E-state index is 12.2. The van der Waals surface area contributed by atoms with Crippen molar-refractivity contribution in [1.82, 2.24) is 15.1 Å². The van der Waals surface area contributed by atoms with Crippen LogP contribution in [0.2, 0.25) is 0 Å². The van der Waals surface area contributed by atoms with Crippen molar-refractivity contribution in [2.75, 3.05) is 39.8 Å². The number of likely N-dealkylation sites (tertiary alicyclic amines) is 1. The number of carbonyl (C=O) groups is 1. The molecule has 17 heavy (non-hydrogen) atoms. The van der Waals surface area contributed by atoms with Gasteiger partial charge < -0.3 is 10.2 Å². The van der Waals surface area contributed by atoms with E-state index in [0.717, 1.165) is 44.9 Å². The van der Waals surface area contributed by atoms with Crippen molar-refractivity contribution in [3.05, 3.63) is 0 Å². The number of nitrogens with one attached hydrogen (secondary N) is 1. The fourth-order valence-electron chi connectivity index (χ4n) is 3.27. The Labute approximate surface area is 103 Å². The van der Waals surface area contributed by atoms with E-state index in [1.165, 1.54) is 19.4 Å². The summed E-state index contributed by atoms with van der Waals surface area (Å²) < 4.78 is 0. The first-order valence-corrected chi connectivity index (χ1v) is 6.93. The Bertz CT molecular complexity index is 306. The molecule has 96 valence electrons. The third-order valence-corrected chi connectivity index (χ3v) is 4.78. The molecule has 3 aliphatic rings. The highest BCUT2D eigenvalue weighted by atomic mass is 16.2. The summed E-state index contributed by atoms with van der Waals surface area (Å²) in [6.07, 6.45) is 4.84. The SMILES string of the molecule is CN1CCNC(=O)C12CCN(CC1CC1)CC2. The van der Waals surface area contributed by atoms with Crippen LogP contribution in [0.4, 0.5) is 0 Å². The molecule has 0 unspecified atom stereocenters. The average Bonchev–Trinajstić information content (AvgIpc) is 3.12. The molecule has 1 amide bonds. The van der Waals surface area contributed by atoms with E-state index in [-0.39, 0.29) is 11.4 Å². The van der Waals surface area contributed by atoms with Crippen LogP contribution < -0.4 is 5.32 Å². The normalized spacial score (nSPS) is 30.5. The quantitative estimate of drug-likeness (QED) is 0.750. The number of likely N-dealkylation sites (N-methyl/N-ethyl adjacent to an activating group) is 1. The van der Waals surface area contributed by atoms with Crippen LogP contribution in [0.1, 0.15) is 25.7 Å². The van der Waals surface area contributed by atoms with E-state index in [1.807, 2.05) is 0 Å². The number of amides is 1. The van der Waals surface area contributed by atoms with Gasteiger partial charge in [0.25, 0.3) is 0 Å². The lowest BCUT2D eigenvalue weighted by Crippen LogP contribution is -2.66. The molecule has 3 rings (SSSR count).